The minimum atomic E-state index is -1.17. The molecule has 16 nitrogen and oxygen atoms in total. The van der Waals surface area contributed by atoms with Crippen LogP contribution in [0.4, 0.5) is 15.3 Å². The molecule has 3 amide bonds. The smallest absolute Gasteiger partial charge is 0.412 e. The summed E-state index contributed by atoms with van der Waals surface area (Å²) < 4.78 is 39.9. The number of rotatable bonds is 17. The van der Waals surface area contributed by atoms with E-state index in [4.69, 9.17) is 33.2 Å². The van der Waals surface area contributed by atoms with Crippen LogP contribution in [0.15, 0.2) is 66.7 Å². The number of fused-ring (bicyclic) bond motifs is 3. The van der Waals surface area contributed by atoms with Crippen molar-refractivity contribution in [2.75, 3.05) is 38.2 Å². The molecule has 2 heterocycles. The summed E-state index contributed by atoms with van der Waals surface area (Å²) in [5, 5.41) is 5.46. The van der Waals surface area contributed by atoms with Gasteiger partial charge in [0.1, 0.15) is 38.1 Å². The molecule has 16 heteroatoms. The van der Waals surface area contributed by atoms with Crippen LogP contribution in [-0.2, 0) is 54.2 Å². The molecule has 0 spiro atoms. The van der Waals surface area contributed by atoms with Gasteiger partial charge >= 0.3 is 18.2 Å². The summed E-state index contributed by atoms with van der Waals surface area (Å²) in [5.74, 6) is -1.52. The first-order chi connectivity index (χ1) is 28.6. The van der Waals surface area contributed by atoms with Crippen LogP contribution in [0.2, 0.25) is 0 Å². The van der Waals surface area contributed by atoms with E-state index in [-0.39, 0.29) is 68.4 Å². The first-order valence-electron chi connectivity index (χ1n) is 19.6. The molecule has 3 aromatic rings. The number of hydrogen-bond donors (Lipinski definition) is 2. The molecule has 1 unspecified atom stereocenters. The lowest BCUT2D eigenvalue weighted by molar-refractivity contribution is -0.252. The van der Waals surface area contributed by atoms with Crippen molar-refractivity contribution in [2.24, 2.45) is 11.8 Å². The van der Waals surface area contributed by atoms with Crippen molar-refractivity contribution in [3.63, 3.8) is 0 Å². The van der Waals surface area contributed by atoms with Crippen molar-refractivity contribution < 1.29 is 61.9 Å². The number of benzene rings is 3. The summed E-state index contributed by atoms with van der Waals surface area (Å²) in [6, 6.07) is 20.7. The number of carbonyl (C=O) groups is 6. The van der Waals surface area contributed by atoms with E-state index in [1.807, 2.05) is 62.4 Å². The van der Waals surface area contributed by atoms with Crippen molar-refractivity contribution in [3.8, 4) is 16.9 Å². The van der Waals surface area contributed by atoms with Crippen LogP contribution < -0.4 is 15.4 Å². The molecule has 2 N–H and O–H groups in total. The maximum Gasteiger partial charge on any atom is 0.412 e. The van der Waals surface area contributed by atoms with Crippen LogP contribution in [0.1, 0.15) is 62.6 Å². The Bertz CT molecular complexity index is 1950. The summed E-state index contributed by atoms with van der Waals surface area (Å²) >= 11 is 0. The minimum Gasteiger partial charge on any atom is -0.465 e. The Morgan fingerprint density at radius 3 is 2.34 bits per heavy atom. The van der Waals surface area contributed by atoms with Gasteiger partial charge in [0.15, 0.2) is 6.10 Å². The zero-order chi connectivity index (χ0) is 41.9. The number of hydrogen-bond acceptors (Lipinski definition) is 13. The van der Waals surface area contributed by atoms with Crippen LogP contribution in [0, 0.1) is 11.8 Å². The van der Waals surface area contributed by atoms with Gasteiger partial charge in [0, 0.05) is 38.1 Å². The molecule has 1 aliphatic carbocycles. The zero-order valence-electron chi connectivity index (χ0n) is 33.2. The fraction of sp³-hybridized carbons (Fsp3) is 0.442. The molecule has 6 atom stereocenters. The molecule has 2 fully saturated rings. The molecule has 0 aromatic heterocycles. The number of ether oxygens (including phenoxy) is 7. The summed E-state index contributed by atoms with van der Waals surface area (Å²) in [5.41, 5.74) is 5.02. The van der Waals surface area contributed by atoms with E-state index in [9.17, 15) is 28.8 Å². The van der Waals surface area contributed by atoms with E-state index >= 15 is 0 Å². The fourth-order valence-corrected chi connectivity index (χ4v) is 7.57. The molecule has 6 rings (SSSR count). The fourth-order valence-electron chi connectivity index (χ4n) is 7.57. The maximum atomic E-state index is 13.4. The van der Waals surface area contributed by atoms with Gasteiger partial charge in [-0.2, -0.15) is 0 Å². The van der Waals surface area contributed by atoms with E-state index < -0.39 is 48.8 Å². The molecule has 59 heavy (non-hydrogen) atoms. The summed E-state index contributed by atoms with van der Waals surface area (Å²) in [6.07, 6.45) is -3.33. The number of nitrogens with one attached hydrogen (secondary N) is 2. The second-order valence-electron chi connectivity index (χ2n) is 14.6. The molecule has 0 saturated carbocycles. The van der Waals surface area contributed by atoms with E-state index in [1.165, 1.54) is 11.8 Å². The van der Waals surface area contributed by atoms with Gasteiger partial charge < -0.3 is 48.6 Å². The highest BCUT2D eigenvalue weighted by Gasteiger charge is 2.45. The molecular formula is C43H49N3O13. The van der Waals surface area contributed by atoms with Crippen LogP contribution in [0.5, 0.6) is 5.75 Å². The van der Waals surface area contributed by atoms with Crippen molar-refractivity contribution in [1.29, 1.82) is 0 Å². The van der Waals surface area contributed by atoms with Crippen molar-refractivity contribution >= 4 is 42.5 Å². The maximum absolute atomic E-state index is 13.4. The number of carbonyl (C=O) groups excluding carboxylic acids is 6. The van der Waals surface area contributed by atoms with Crippen LogP contribution >= 0.6 is 0 Å². The Hall–Kier alpha value is -6.00. The predicted molar refractivity (Wildman–Crippen MR) is 210 cm³/mol. The lowest BCUT2D eigenvalue weighted by atomic mass is 9.83. The number of aldehydes is 1. The molecular weight excluding hydrogens is 766 g/mol. The number of anilines is 1. The number of alkyl carbamates (subject to hydrolysis) is 1. The Morgan fingerprint density at radius 2 is 1.64 bits per heavy atom. The van der Waals surface area contributed by atoms with Gasteiger partial charge in [-0.3, -0.25) is 19.3 Å². The van der Waals surface area contributed by atoms with E-state index in [2.05, 4.69) is 10.6 Å². The standard InChI is InChI=1S/C43H49N3O13/c1-26-27(2)40(57-28(3)49)41(59-37(26)24-53-25-48)58-36-15-14-29(22-56-43(52)46-18-20-54-39(46)13-8-19-47)21-35(36)45-38(50)16-17-44-42(51)55-23-34-32-11-6-4-9-30(32)31-10-5-7-12-33(31)34/h4-7,9-12,14-15,19,21,25-27,34,37,39-41H,8,13,16-18,20,22-24H2,1-3H3,(H,44,51)(H,45,50)/t26-,27-,37+,39?,40+,41+/m0/s1. The second kappa shape index (κ2) is 20.1. The first kappa shape index (κ1) is 42.6. The SMILES string of the molecule is CC(=O)O[C@H]1[C@H](Oc2ccc(COC(=O)N3CCOC3CCC=O)cc2NC(=O)CCNC(=O)OCC2c3ccccc3-c3ccccc32)O[C@H](COC=O)[C@@H](C)[C@@H]1C. The summed E-state index contributed by atoms with van der Waals surface area (Å²) in [6.45, 7) is 5.78. The summed E-state index contributed by atoms with van der Waals surface area (Å²) in [4.78, 5) is 74.6. The van der Waals surface area contributed by atoms with Gasteiger partial charge in [-0.25, -0.2) is 9.59 Å². The van der Waals surface area contributed by atoms with Gasteiger partial charge in [-0.1, -0.05) is 68.4 Å². The topological polar surface area (TPSA) is 194 Å². The quantitative estimate of drug-likeness (QED) is 0.101. The highest BCUT2D eigenvalue weighted by atomic mass is 16.7. The zero-order valence-corrected chi connectivity index (χ0v) is 33.2. The molecule has 3 aromatic carbocycles. The average Bonchev–Trinajstić information content (AvgIpc) is 3.83. The highest BCUT2D eigenvalue weighted by molar-refractivity contribution is 5.92. The predicted octanol–water partition coefficient (Wildman–Crippen LogP) is 5.31. The average molecular weight is 816 g/mol. The third-order valence-corrected chi connectivity index (χ3v) is 10.8. The first-order valence-corrected chi connectivity index (χ1v) is 19.6. The van der Waals surface area contributed by atoms with Gasteiger partial charge in [0.2, 0.25) is 12.2 Å². The van der Waals surface area contributed by atoms with Crippen molar-refractivity contribution in [2.45, 2.75) is 77.3 Å². The third-order valence-electron chi connectivity index (χ3n) is 10.8. The van der Waals surface area contributed by atoms with Crippen LogP contribution in [-0.4, -0.2) is 99.4 Å². The molecule has 2 saturated heterocycles. The Balaban J connectivity index is 1.12. The van der Waals surface area contributed by atoms with E-state index in [0.29, 0.717) is 31.6 Å². The Labute approximate surface area is 341 Å². The molecule has 0 radical (unpaired) electrons. The third kappa shape index (κ3) is 10.6. The Kier molecular flexibility index (Phi) is 14.5. The largest absolute Gasteiger partial charge is 0.465 e. The lowest BCUT2D eigenvalue weighted by Gasteiger charge is -2.43. The van der Waals surface area contributed by atoms with Crippen LogP contribution in [0.3, 0.4) is 0 Å². The summed E-state index contributed by atoms with van der Waals surface area (Å²) in [7, 11) is 0. The van der Waals surface area contributed by atoms with Gasteiger partial charge in [0.05, 0.1) is 24.9 Å². The minimum absolute atomic E-state index is 0.0484. The van der Waals surface area contributed by atoms with Crippen LogP contribution in [0.25, 0.3) is 11.1 Å². The highest BCUT2D eigenvalue weighted by Crippen LogP contribution is 2.44. The van der Waals surface area contributed by atoms with Gasteiger partial charge in [-0.05, 0) is 52.3 Å². The van der Waals surface area contributed by atoms with E-state index in [1.54, 1.807) is 18.2 Å². The number of nitrogens with zero attached hydrogens (tertiary/aromatic N) is 1. The Morgan fingerprint density at radius 1 is 0.915 bits per heavy atom. The molecule has 314 valence electrons. The molecule has 2 aliphatic heterocycles. The number of esters is 1. The number of amides is 3. The molecule has 0 bridgehead atoms. The lowest BCUT2D eigenvalue weighted by Crippen LogP contribution is -2.54. The van der Waals surface area contributed by atoms with Crippen molar-refractivity contribution in [1.82, 2.24) is 10.2 Å². The van der Waals surface area contributed by atoms with Crippen molar-refractivity contribution in [3.05, 3.63) is 83.4 Å². The second-order valence-corrected chi connectivity index (χ2v) is 14.6. The van der Waals surface area contributed by atoms with Gasteiger partial charge in [0.25, 0.3) is 6.47 Å². The van der Waals surface area contributed by atoms with Gasteiger partial charge in [-0.15, -0.1) is 0 Å². The molecule has 3 aliphatic rings. The van der Waals surface area contributed by atoms with E-state index in [0.717, 1.165) is 28.5 Å². The monoisotopic (exact) mass is 815 g/mol. The normalized spacial score (nSPS) is 22.0.